The third-order valence-electron chi connectivity index (χ3n) is 3.55. The SMILES string of the molecule is O=C(Cn1cccc1)Nc1cnc(N2CCCCC2)nc1. The van der Waals surface area contributed by atoms with Crippen LogP contribution in [0.25, 0.3) is 0 Å². The predicted molar refractivity (Wildman–Crippen MR) is 81.2 cm³/mol. The Morgan fingerprint density at radius 1 is 1.10 bits per heavy atom. The summed E-state index contributed by atoms with van der Waals surface area (Å²) in [7, 11) is 0. The lowest BCUT2D eigenvalue weighted by atomic mass is 10.1. The Morgan fingerprint density at radius 3 is 2.43 bits per heavy atom. The molecule has 3 heterocycles. The molecule has 1 N–H and O–H groups in total. The van der Waals surface area contributed by atoms with Crippen molar-refractivity contribution in [3.8, 4) is 0 Å². The molecule has 2 aromatic heterocycles. The minimum atomic E-state index is -0.0828. The number of carbonyl (C=O) groups excluding carboxylic acids is 1. The van der Waals surface area contributed by atoms with Crippen LogP contribution in [0.3, 0.4) is 0 Å². The first-order valence-electron chi connectivity index (χ1n) is 7.29. The highest BCUT2D eigenvalue weighted by Crippen LogP contribution is 2.16. The van der Waals surface area contributed by atoms with Gasteiger partial charge in [0.05, 0.1) is 18.1 Å². The molecule has 0 atom stereocenters. The fourth-order valence-electron chi connectivity index (χ4n) is 2.48. The van der Waals surface area contributed by atoms with E-state index in [2.05, 4.69) is 20.2 Å². The van der Waals surface area contributed by atoms with E-state index in [-0.39, 0.29) is 5.91 Å². The van der Waals surface area contributed by atoms with Crippen molar-refractivity contribution in [2.45, 2.75) is 25.8 Å². The number of aromatic nitrogens is 3. The molecule has 0 unspecified atom stereocenters. The van der Waals surface area contributed by atoms with Gasteiger partial charge in [0.25, 0.3) is 0 Å². The van der Waals surface area contributed by atoms with E-state index in [9.17, 15) is 4.79 Å². The van der Waals surface area contributed by atoms with Gasteiger partial charge in [0, 0.05) is 25.5 Å². The highest BCUT2D eigenvalue weighted by Gasteiger charge is 2.13. The Morgan fingerprint density at radius 2 is 1.76 bits per heavy atom. The van der Waals surface area contributed by atoms with E-state index in [1.807, 2.05) is 29.1 Å². The standard InChI is InChI=1S/C15H19N5O/c21-14(12-19-6-4-5-7-19)18-13-10-16-15(17-11-13)20-8-2-1-3-9-20/h4-7,10-11H,1-3,8-9,12H2,(H,18,21). The monoisotopic (exact) mass is 285 g/mol. The molecular formula is C15H19N5O. The van der Waals surface area contributed by atoms with Crippen LogP contribution in [0.4, 0.5) is 11.6 Å². The number of amides is 1. The minimum Gasteiger partial charge on any atom is -0.345 e. The number of piperidine rings is 1. The summed E-state index contributed by atoms with van der Waals surface area (Å²) in [5, 5.41) is 2.81. The third kappa shape index (κ3) is 3.59. The summed E-state index contributed by atoms with van der Waals surface area (Å²) < 4.78 is 1.82. The molecule has 0 bridgehead atoms. The summed E-state index contributed by atoms with van der Waals surface area (Å²) in [5.41, 5.74) is 0.632. The van der Waals surface area contributed by atoms with Crippen LogP contribution in [-0.4, -0.2) is 33.5 Å². The first-order chi connectivity index (χ1) is 10.3. The van der Waals surface area contributed by atoms with Crippen LogP contribution in [0.15, 0.2) is 36.9 Å². The normalized spacial score (nSPS) is 15.0. The molecular weight excluding hydrogens is 266 g/mol. The quantitative estimate of drug-likeness (QED) is 0.932. The van der Waals surface area contributed by atoms with Gasteiger partial charge in [-0.1, -0.05) is 0 Å². The van der Waals surface area contributed by atoms with Crippen LogP contribution >= 0.6 is 0 Å². The molecule has 0 aliphatic carbocycles. The minimum absolute atomic E-state index is 0.0828. The smallest absolute Gasteiger partial charge is 0.244 e. The van der Waals surface area contributed by atoms with E-state index in [4.69, 9.17) is 0 Å². The summed E-state index contributed by atoms with van der Waals surface area (Å²) in [6.07, 6.45) is 10.7. The maximum atomic E-state index is 11.9. The molecule has 21 heavy (non-hydrogen) atoms. The second kappa shape index (κ2) is 6.39. The van der Waals surface area contributed by atoms with Crippen molar-refractivity contribution in [2.75, 3.05) is 23.3 Å². The molecule has 1 aliphatic rings. The highest BCUT2D eigenvalue weighted by molar-refractivity contribution is 5.90. The Hall–Kier alpha value is -2.37. The third-order valence-corrected chi connectivity index (χ3v) is 3.55. The second-order valence-electron chi connectivity index (χ2n) is 5.22. The number of hydrogen-bond acceptors (Lipinski definition) is 4. The first-order valence-corrected chi connectivity index (χ1v) is 7.29. The number of hydrogen-bond donors (Lipinski definition) is 1. The summed E-state index contributed by atoms with van der Waals surface area (Å²) in [6, 6.07) is 3.79. The second-order valence-corrected chi connectivity index (χ2v) is 5.22. The number of carbonyl (C=O) groups is 1. The Labute approximate surface area is 123 Å². The van der Waals surface area contributed by atoms with Gasteiger partial charge in [0.15, 0.2) is 0 Å². The van der Waals surface area contributed by atoms with Gasteiger partial charge in [-0.05, 0) is 31.4 Å². The summed E-state index contributed by atoms with van der Waals surface area (Å²) in [4.78, 5) is 22.7. The van der Waals surface area contributed by atoms with Gasteiger partial charge in [-0.2, -0.15) is 0 Å². The molecule has 0 aromatic carbocycles. The topological polar surface area (TPSA) is 63.1 Å². The van der Waals surface area contributed by atoms with Crippen LogP contribution in [0.1, 0.15) is 19.3 Å². The van der Waals surface area contributed by atoms with Gasteiger partial charge >= 0.3 is 0 Å². The zero-order valence-corrected chi connectivity index (χ0v) is 11.9. The van der Waals surface area contributed by atoms with E-state index in [0.29, 0.717) is 12.2 Å². The van der Waals surface area contributed by atoms with Crippen molar-refractivity contribution in [1.29, 1.82) is 0 Å². The summed E-state index contributed by atoms with van der Waals surface area (Å²) in [5.74, 6) is 0.665. The fourth-order valence-corrected chi connectivity index (χ4v) is 2.48. The van der Waals surface area contributed by atoms with Crippen molar-refractivity contribution < 1.29 is 4.79 Å². The molecule has 0 spiro atoms. The zero-order valence-electron chi connectivity index (χ0n) is 11.9. The summed E-state index contributed by atoms with van der Waals surface area (Å²) >= 11 is 0. The molecule has 0 saturated carbocycles. The van der Waals surface area contributed by atoms with Crippen molar-refractivity contribution in [3.05, 3.63) is 36.9 Å². The van der Waals surface area contributed by atoms with Crippen LogP contribution in [-0.2, 0) is 11.3 Å². The van der Waals surface area contributed by atoms with Crippen molar-refractivity contribution in [3.63, 3.8) is 0 Å². The molecule has 2 aromatic rings. The van der Waals surface area contributed by atoms with E-state index in [1.165, 1.54) is 19.3 Å². The highest BCUT2D eigenvalue weighted by atomic mass is 16.1. The Kier molecular flexibility index (Phi) is 4.14. The Balaban J connectivity index is 1.57. The van der Waals surface area contributed by atoms with Crippen LogP contribution < -0.4 is 10.2 Å². The fraction of sp³-hybridized carbons (Fsp3) is 0.400. The molecule has 1 fully saturated rings. The molecule has 6 heteroatoms. The van der Waals surface area contributed by atoms with Gasteiger partial charge in [-0.3, -0.25) is 4.79 Å². The van der Waals surface area contributed by atoms with Crippen LogP contribution in [0, 0.1) is 0 Å². The van der Waals surface area contributed by atoms with Crippen LogP contribution in [0.2, 0.25) is 0 Å². The largest absolute Gasteiger partial charge is 0.345 e. The Bertz CT molecular complexity index is 573. The average molecular weight is 285 g/mol. The number of nitrogens with one attached hydrogen (secondary N) is 1. The maximum absolute atomic E-state index is 11.9. The summed E-state index contributed by atoms with van der Waals surface area (Å²) in [6.45, 7) is 2.32. The molecule has 6 nitrogen and oxygen atoms in total. The van der Waals surface area contributed by atoms with Crippen molar-refractivity contribution in [2.24, 2.45) is 0 Å². The first kappa shape index (κ1) is 13.6. The lowest BCUT2D eigenvalue weighted by Gasteiger charge is -2.26. The lowest BCUT2D eigenvalue weighted by Crippen LogP contribution is -2.31. The molecule has 110 valence electrons. The van der Waals surface area contributed by atoms with Gasteiger partial charge in [-0.25, -0.2) is 9.97 Å². The van der Waals surface area contributed by atoms with Gasteiger partial charge in [0.2, 0.25) is 11.9 Å². The molecule has 1 amide bonds. The number of rotatable bonds is 4. The maximum Gasteiger partial charge on any atom is 0.244 e. The molecule has 0 radical (unpaired) electrons. The van der Waals surface area contributed by atoms with Gasteiger partial charge in [0.1, 0.15) is 6.54 Å². The molecule has 1 aliphatic heterocycles. The predicted octanol–water partition coefficient (Wildman–Crippen LogP) is 1.91. The van der Waals surface area contributed by atoms with Crippen molar-refractivity contribution in [1.82, 2.24) is 14.5 Å². The van der Waals surface area contributed by atoms with Gasteiger partial charge in [-0.15, -0.1) is 0 Å². The molecule has 1 saturated heterocycles. The van der Waals surface area contributed by atoms with E-state index in [0.717, 1.165) is 19.0 Å². The average Bonchev–Trinajstić information content (AvgIpc) is 3.02. The van der Waals surface area contributed by atoms with Crippen molar-refractivity contribution >= 4 is 17.5 Å². The zero-order chi connectivity index (χ0) is 14.5. The van der Waals surface area contributed by atoms with E-state index in [1.54, 1.807) is 12.4 Å². The van der Waals surface area contributed by atoms with E-state index >= 15 is 0 Å². The lowest BCUT2D eigenvalue weighted by molar-refractivity contribution is -0.116. The number of nitrogens with zero attached hydrogens (tertiary/aromatic N) is 4. The van der Waals surface area contributed by atoms with Crippen LogP contribution in [0.5, 0.6) is 0 Å². The number of anilines is 2. The van der Waals surface area contributed by atoms with Gasteiger partial charge < -0.3 is 14.8 Å². The molecule has 3 rings (SSSR count). The van der Waals surface area contributed by atoms with E-state index < -0.39 is 0 Å².